The van der Waals surface area contributed by atoms with E-state index in [1.54, 1.807) is 23.9 Å². The number of rotatable bonds is 10. The van der Waals surface area contributed by atoms with Gasteiger partial charge in [-0.2, -0.15) is 0 Å². The zero-order chi connectivity index (χ0) is 24.7. The van der Waals surface area contributed by atoms with Crippen LogP contribution in [0.25, 0.3) is 17.0 Å². The number of aliphatic hydroxyl groups is 1. The number of ether oxygens (including phenoxy) is 1. The Labute approximate surface area is 198 Å². The Morgan fingerprint density at radius 3 is 2.68 bits per heavy atom. The third-order valence-corrected chi connectivity index (χ3v) is 5.44. The van der Waals surface area contributed by atoms with Gasteiger partial charge in [0.05, 0.1) is 30.3 Å². The molecule has 178 valence electrons. The number of nitrogens with one attached hydrogen (secondary N) is 2. The zero-order valence-electron chi connectivity index (χ0n) is 19.6. The number of hydrogen-bond donors (Lipinski definition) is 4. The first-order valence-corrected chi connectivity index (χ1v) is 11.0. The lowest BCUT2D eigenvalue weighted by atomic mass is 10.1. The van der Waals surface area contributed by atoms with Crippen molar-refractivity contribution in [3.8, 4) is 11.3 Å². The summed E-state index contributed by atoms with van der Waals surface area (Å²) in [5, 5.41) is 22.1. The number of allylic oxidation sites excluding steroid dienone is 1. The van der Waals surface area contributed by atoms with Crippen LogP contribution >= 0.6 is 0 Å². The summed E-state index contributed by atoms with van der Waals surface area (Å²) >= 11 is 0. The number of aliphatic hydroxyl groups excluding tert-OH is 1. The van der Waals surface area contributed by atoms with Gasteiger partial charge < -0.3 is 30.9 Å². The summed E-state index contributed by atoms with van der Waals surface area (Å²) in [6.45, 7) is 3.13. The monoisotopic (exact) mass is 462 g/mol. The molecule has 9 heteroatoms. The minimum Gasteiger partial charge on any atom is -0.505 e. The van der Waals surface area contributed by atoms with Crippen molar-refractivity contribution in [1.82, 2.24) is 19.9 Å². The topological polar surface area (TPSA) is 139 Å². The molecule has 1 aromatic carbocycles. The second-order valence-electron chi connectivity index (χ2n) is 7.83. The maximum atomic E-state index is 12.3. The fourth-order valence-electron chi connectivity index (χ4n) is 3.44. The molecule has 0 saturated carbocycles. The molecule has 0 fully saturated rings. The molecule has 3 rings (SSSR count). The summed E-state index contributed by atoms with van der Waals surface area (Å²) in [7, 11) is 3.48. The van der Waals surface area contributed by atoms with Gasteiger partial charge in [0.25, 0.3) is 5.56 Å². The second kappa shape index (κ2) is 11.4. The average molecular weight is 463 g/mol. The van der Waals surface area contributed by atoms with Crippen LogP contribution in [0.15, 0.2) is 59.7 Å². The lowest BCUT2D eigenvalue weighted by Crippen LogP contribution is -2.26. The molecule has 2 heterocycles. The highest BCUT2D eigenvalue weighted by Crippen LogP contribution is 2.22. The number of benzene rings is 1. The maximum absolute atomic E-state index is 12.3. The fourth-order valence-corrected chi connectivity index (χ4v) is 3.44. The van der Waals surface area contributed by atoms with Gasteiger partial charge >= 0.3 is 0 Å². The van der Waals surface area contributed by atoms with Crippen molar-refractivity contribution in [1.29, 1.82) is 5.41 Å². The van der Waals surface area contributed by atoms with Crippen LogP contribution in [0.3, 0.4) is 0 Å². The minimum atomic E-state index is -0.269. The Morgan fingerprint density at radius 2 is 2.03 bits per heavy atom. The number of aromatic nitrogens is 3. The number of anilines is 1. The van der Waals surface area contributed by atoms with E-state index in [0.29, 0.717) is 23.4 Å². The van der Waals surface area contributed by atoms with Crippen molar-refractivity contribution >= 4 is 17.3 Å². The largest absolute Gasteiger partial charge is 0.505 e. The van der Waals surface area contributed by atoms with E-state index in [9.17, 15) is 9.90 Å². The van der Waals surface area contributed by atoms with Gasteiger partial charge in [0.2, 0.25) is 0 Å². The summed E-state index contributed by atoms with van der Waals surface area (Å²) in [6.07, 6.45) is 5.13. The van der Waals surface area contributed by atoms with Gasteiger partial charge in [-0.05, 0) is 30.7 Å². The number of methoxy groups -OCH3 is 1. The van der Waals surface area contributed by atoms with Crippen molar-refractivity contribution in [3.63, 3.8) is 0 Å². The molecule has 0 radical (unpaired) electrons. The fraction of sp³-hybridized carbons (Fsp3) is 0.280. The Kier molecular flexibility index (Phi) is 8.29. The van der Waals surface area contributed by atoms with Gasteiger partial charge in [0.15, 0.2) is 5.82 Å². The van der Waals surface area contributed by atoms with Crippen molar-refractivity contribution in [3.05, 3.63) is 82.0 Å². The smallest absolute Gasteiger partial charge is 0.250 e. The first kappa shape index (κ1) is 24.8. The zero-order valence-corrected chi connectivity index (χ0v) is 19.6. The van der Waals surface area contributed by atoms with Crippen molar-refractivity contribution in [2.75, 3.05) is 19.9 Å². The molecule has 2 aromatic heterocycles. The molecule has 9 nitrogen and oxygen atoms in total. The highest BCUT2D eigenvalue weighted by Gasteiger charge is 2.14. The average Bonchev–Trinajstić information content (AvgIpc) is 2.84. The normalized spacial score (nSPS) is 12.5. The van der Waals surface area contributed by atoms with E-state index in [2.05, 4.69) is 15.3 Å². The Balaban J connectivity index is 1.90. The first-order chi connectivity index (χ1) is 16.4. The number of hydrogen-bond acceptors (Lipinski definition) is 8. The minimum absolute atomic E-state index is 0.0356. The molecule has 0 spiro atoms. The molecule has 0 bridgehead atoms. The molecule has 1 unspecified atom stereocenters. The molecule has 0 aliphatic heterocycles. The number of nitrogen functional groups attached to an aromatic ring is 1. The van der Waals surface area contributed by atoms with Gasteiger partial charge in [-0.1, -0.05) is 31.2 Å². The second-order valence-corrected chi connectivity index (χ2v) is 7.83. The Bertz CT molecular complexity index is 1230. The molecular weight excluding hydrogens is 432 g/mol. The van der Waals surface area contributed by atoms with Crippen LogP contribution in [0.5, 0.6) is 0 Å². The van der Waals surface area contributed by atoms with Crippen LogP contribution in [-0.2, 0) is 17.8 Å². The summed E-state index contributed by atoms with van der Waals surface area (Å²) in [5.41, 5.74) is 8.80. The standard InChI is InChI=1S/C25H30N6O3/c1-4-19(34-3)15-31-14-18(9-10-23(31)33)21-13-29-25(27)24(30-21)22(32)11-20(26)17-7-5-16(6-8-17)12-28-2/h5-11,13-14,19,26,28,32H,4,12,15H2,1-3H3,(H2,27,29)/b22-11-,26-20?. The van der Waals surface area contributed by atoms with Gasteiger partial charge in [0, 0.05) is 37.6 Å². The van der Waals surface area contributed by atoms with Crippen LogP contribution < -0.4 is 16.6 Å². The van der Waals surface area contributed by atoms with Crippen LogP contribution in [0.1, 0.15) is 30.2 Å². The predicted octanol–water partition coefficient (Wildman–Crippen LogP) is 3.00. The van der Waals surface area contributed by atoms with E-state index in [1.165, 1.54) is 18.3 Å². The van der Waals surface area contributed by atoms with Gasteiger partial charge in [-0.25, -0.2) is 9.97 Å². The van der Waals surface area contributed by atoms with E-state index in [-0.39, 0.29) is 34.6 Å². The van der Waals surface area contributed by atoms with Crippen LogP contribution in [0.2, 0.25) is 0 Å². The van der Waals surface area contributed by atoms with Crippen LogP contribution in [-0.4, -0.2) is 45.6 Å². The summed E-state index contributed by atoms with van der Waals surface area (Å²) in [6, 6.07) is 10.6. The number of pyridine rings is 1. The first-order valence-electron chi connectivity index (χ1n) is 11.0. The molecule has 0 aliphatic carbocycles. The van der Waals surface area contributed by atoms with E-state index in [1.807, 2.05) is 38.2 Å². The molecule has 5 N–H and O–H groups in total. The molecule has 3 aromatic rings. The third-order valence-electron chi connectivity index (χ3n) is 5.44. The predicted molar refractivity (Wildman–Crippen MR) is 134 cm³/mol. The molecule has 0 aliphatic rings. The summed E-state index contributed by atoms with van der Waals surface area (Å²) < 4.78 is 6.96. The highest BCUT2D eigenvalue weighted by atomic mass is 16.5. The highest BCUT2D eigenvalue weighted by molar-refractivity contribution is 6.09. The number of nitrogens with two attached hydrogens (primary N) is 1. The van der Waals surface area contributed by atoms with Crippen molar-refractivity contribution < 1.29 is 9.84 Å². The van der Waals surface area contributed by atoms with Crippen LogP contribution in [0.4, 0.5) is 5.82 Å². The van der Waals surface area contributed by atoms with E-state index in [0.717, 1.165) is 18.5 Å². The maximum Gasteiger partial charge on any atom is 0.250 e. The van der Waals surface area contributed by atoms with E-state index in [4.69, 9.17) is 15.9 Å². The third kappa shape index (κ3) is 5.94. The molecule has 1 atom stereocenters. The van der Waals surface area contributed by atoms with E-state index >= 15 is 0 Å². The van der Waals surface area contributed by atoms with Crippen molar-refractivity contribution in [2.24, 2.45) is 0 Å². The Morgan fingerprint density at radius 1 is 1.29 bits per heavy atom. The number of nitrogens with zero attached hydrogens (tertiary/aromatic N) is 3. The van der Waals surface area contributed by atoms with Gasteiger partial charge in [-0.3, -0.25) is 4.79 Å². The molecular formula is C25H30N6O3. The lowest BCUT2D eigenvalue weighted by Gasteiger charge is -2.15. The quantitative estimate of drug-likeness (QED) is 0.268. The van der Waals surface area contributed by atoms with Gasteiger partial charge in [-0.15, -0.1) is 0 Å². The molecule has 0 saturated heterocycles. The van der Waals surface area contributed by atoms with Crippen molar-refractivity contribution in [2.45, 2.75) is 32.5 Å². The summed E-state index contributed by atoms with van der Waals surface area (Å²) in [4.78, 5) is 20.9. The molecule has 34 heavy (non-hydrogen) atoms. The summed E-state index contributed by atoms with van der Waals surface area (Å²) in [5.74, 6) is -0.233. The lowest BCUT2D eigenvalue weighted by molar-refractivity contribution is 0.0838. The Hall–Kier alpha value is -3.82. The SMILES string of the molecule is CCC(Cn1cc(-c2cnc(N)c(/C(O)=C/C(=N)c3ccc(CNC)cc3)n2)ccc1=O)OC. The molecule has 0 amide bonds. The van der Waals surface area contributed by atoms with Gasteiger partial charge in [0.1, 0.15) is 11.5 Å². The van der Waals surface area contributed by atoms with Crippen LogP contribution in [0, 0.1) is 5.41 Å². The van der Waals surface area contributed by atoms with E-state index < -0.39 is 0 Å².